The van der Waals surface area contributed by atoms with Gasteiger partial charge in [0, 0.05) is 33.2 Å². The van der Waals surface area contributed by atoms with E-state index in [-0.39, 0.29) is 30.8 Å². The smallest absolute Gasteiger partial charge is 0.231 e. The first-order valence-corrected chi connectivity index (χ1v) is 10.1. The average Bonchev–Trinajstić information content (AvgIpc) is 3.04. The molecular formula is C16H27IN4O4S. The number of benzene rings is 1. The Labute approximate surface area is 172 Å². The van der Waals surface area contributed by atoms with E-state index in [0.717, 1.165) is 17.1 Å². The van der Waals surface area contributed by atoms with Gasteiger partial charge in [-0.2, -0.15) is 0 Å². The van der Waals surface area contributed by atoms with Crippen LogP contribution in [0.5, 0.6) is 11.5 Å². The number of nitrogens with one attached hydrogen (secondary N) is 2. The van der Waals surface area contributed by atoms with Gasteiger partial charge in [-0.1, -0.05) is 13.0 Å². The maximum Gasteiger partial charge on any atom is 0.231 e. The Balaban J connectivity index is 0.00000338. The Morgan fingerprint density at radius 3 is 2.65 bits per heavy atom. The van der Waals surface area contributed by atoms with E-state index in [9.17, 15) is 8.42 Å². The minimum Gasteiger partial charge on any atom is -0.454 e. The minimum absolute atomic E-state index is 0. The maximum absolute atomic E-state index is 11.5. The van der Waals surface area contributed by atoms with Gasteiger partial charge >= 0.3 is 0 Å². The van der Waals surface area contributed by atoms with Gasteiger partial charge in [-0.25, -0.2) is 12.7 Å². The summed E-state index contributed by atoms with van der Waals surface area (Å²) in [5, 5.41) is 6.40. The van der Waals surface area contributed by atoms with E-state index in [2.05, 4.69) is 15.6 Å². The summed E-state index contributed by atoms with van der Waals surface area (Å²) in [6, 6.07) is 5.80. The number of nitrogens with zero attached hydrogens (tertiary/aromatic N) is 2. The molecule has 0 aliphatic carbocycles. The van der Waals surface area contributed by atoms with Crippen molar-refractivity contribution in [2.24, 2.45) is 4.99 Å². The average molecular weight is 498 g/mol. The van der Waals surface area contributed by atoms with Crippen LogP contribution in [-0.2, 0) is 16.6 Å². The summed E-state index contributed by atoms with van der Waals surface area (Å²) in [6.07, 6.45) is 1.93. The number of guanidine groups is 1. The highest BCUT2D eigenvalue weighted by Gasteiger charge is 2.14. The molecule has 2 rings (SSSR count). The molecule has 0 unspecified atom stereocenters. The fourth-order valence-electron chi connectivity index (χ4n) is 2.48. The molecule has 1 aliphatic heterocycles. The third-order valence-corrected chi connectivity index (χ3v) is 5.20. The lowest BCUT2D eigenvalue weighted by Gasteiger charge is -2.18. The highest BCUT2D eigenvalue weighted by Crippen LogP contribution is 2.32. The molecule has 10 heteroatoms. The molecule has 0 aromatic heterocycles. The molecule has 148 valence electrons. The van der Waals surface area contributed by atoms with Crippen LogP contribution in [0.2, 0.25) is 0 Å². The van der Waals surface area contributed by atoms with Crippen molar-refractivity contribution in [3.8, 4) is 11.5 Å². The number of hydrogen-bond acceptors (Lipinski definition) is 5. The predicted molar refractivity (Wildman–Crippen MR) is 113 cm³/mol. The van der Waals surface area contributed by atoms with Gasteiger partial charge in [0.2, 0.25) is 16.8 Å². The van der Waals surface area contributed by atoms with Gasteiger partial charge in [0.05, 0.1) is 6.26 Å². The molecule has 0 amide bonds. The molecule has 1 aliphatic rings. The first kappa shape index (κ1) is 22.8. The summed E-state index contributed by atoms with van der Waals surface area (Å²) in [6.45, 7) is 4.29. The van der Waals surface area contributed by atoms with Gasteiger partial charge in [-0.3, -0.25) is 4.99 Å². The van der Waals surface area contributed by atoms with E-state index in [4.69, 9.17) is 9.47 Å². The molecule has 26 heavy (non-hydrogen) atoms. The summed E-state index contributed by atoms with van der Waals surface area (Å²) < 4.78 is 35.2. The Hall–Kier alpha value is -1.27. The molecule has 0 radical (unpaired) electrons. The van der Waals surface area contributed by atoms with Crippen molar-refractivity contribution in [3.63, 3.8) is 0 Å². The van der Waals surface area contributed by atoms with Crippen molar-refractivity contribution in [3.05, 3.63) is 23.8 Å². The molecule has 1 aromatic carbocycles. The molecular weight excluding hydrogens is 471 g/mol. The zero-order valence-electron chi connectivity index (χ0n) is 15.3. The van der Waals surface area contributed by atoms with Crippen molar-refractivity contribution in [2.45, 2.75) is 19.9 Å². The summed E-state index contributed by atoms with van der Waals surface area (Å²) in [5.74, 6) is 2.18. The Morgan fingerprint density at radius 2 is 2.00 bits per heavy atom. The van der Waals surface area contributed by atoms with Crippen LogP contribution in [0.1, 0.15) is 18.9 Å². The number of ether oxygens (including phenoxy) is 2. The van der Waals surface area contributed by atoms with Crippen LogP contribution in [0.25, 0.3) is 0 Å². The van der Waals surface area contributed by atoms with Crippen LogP contribution in [0.15, 0.2) is 23.2 Å². The topological polar surface area (TPSA) is 92.3 Å². The van der Waals surface area contributed by atoms with Crippen LogP contribution in [-0.4, -0.2) is 58.4 Å². The Bertz CT molecular complexity index is 712. The molecule has 0 spiro atoms. The number of halogens is 1. The SMILES string of the molecule is CCN(CCCNC(=NC)NCc1ccc2c(c1)OCO2)S(C)(=O)=O.I. The summed E-state index contributed by atoms with van der Waals surface area (Å²) >= 11 is 0. The van der Waals surface area contributed by atoms with E-state index in [1.165, 1.54) is 10.6 Å². The van der Waals surface area contributed by atoms with Crippen molar-refractivity contribution in [1.29, 1.82) is 0 Å². The third kappa shape index (κ3) is 6.80. The number of sulfonamides is 1. The molecule has 0 atom stereocenters. The van der Waals surface area contributed by atoms with E-state index in [0.29, 0.717) is 38.6 Å². The van der Waals surface area contributed by atoms with Crippen LogP contribution < -0.4 is 20.1 Å². The van der Waals surface area contributed by atoms with Crippen molar-refractivity contribution >= 4 is 40.0 Å². The van der Waals surface area contributed by atoms with Gasteiger partial charge in [-0.15, -0.1) is 24.0 Å². The Kier molecular flexibility index (Phi) is 9.44. The standard InChI is InChI=1S/C16H26N4O4S.HI/c1-4-20(25(3,21)22)9-5-8-18-16(17-2)19-11-13-6-7-14-15(10-13)24-12-23-14;/h6-7,10H,4-5,8-9,11-12H2,1-3H3,(H2,17,18,19);1H. The molecule has 8 nitrogen and oxygen atoms in total. The van der Waals surface area contributed by atoms with E-state index in [1.807, 2.05) is 25.1 Å². The Morgan fingerprint density at radius 1 is 1.27 bits per heavy atom. The van der Waals surface area contributed by atoms with E-state index < -0.39 is 10.0 Å². The van der Waals surface area contributed by atoms with Crippen molar-refractivity contribution in [2.75, 3.05) is 39.7 Å². The van der Waals surface area contributed by atoms with Gasteiger partial charge in [0.1, 0.15) is 0 Å². The van der Waals surface area contributed by atoms with Crippen LogP contribution in [0, 0.1) is 0 Å². The quantitative estimate of drug-likeness (QED) is 0.244. The zero-order valence-corrected chi connectivity index (χ0v) is 18.5. The third-order valence-electron chi connectivity index (χ3n) is 3.82. The first-order chi connectivity index (χ1) is 11.9. The molecule has 0 saturated carbocycles. The summed E-state index contributed by atoms with van der Waals surface area (Å²) in [5.41, 5.74) is 1.06. The summed E-state index contributed by atoms with van der Waals surface area (Å²) in [7, 11) is -1.44. The fraction of sp³-hybridized carbons (Fsp3) is 0.562. The van der Waals surface area contributed by atoms with Gasteiger partial charge in [-0.05, 0) is 24.1 Å². The lowest BCUT2D eigenvalue weighted by molar-refractivity contribution is 0.174. The molecule has 1 heterocycles. The zero-order chi connectivity index (χ0) is 18.3. The lowest BCUT2D eigenvalue weighted by Crippen LogP contribution is -2.39. The number of hydrogen-bond donors (Lipinski definition) is 2. The second kappa shape index (κ2) is 10.8. The van der Waals surface area contributed by atoms with E-state index in [1.54, 1.807) is 7.05 Å². The molecule has 1 aromatic rings. The van der Waals surface area contributed by atoms with Crippen molar-refractivity contribution in [1.82, 2.24) is 14.9 Å². The van der Waals surface area contributed by atoms with Gasteiger partial charge < -0.3 is 20.1 Å². The highest BCUT2D eigenvalue weighted by atomic mass is 127. The number of rotatable bonds is 8. The van der Waals surface area contributed by atoms with Gasteiger partial charge in [0.15, 0.2) is 17.5 Å². The second-order valence-electron chi connectivity index (χ2n) is 5.65. The number of aliphatic imine (C=N–C) groups is 1. The minimum atomic E-state index is -3.13. The molecule has 0 fully saturated rings. The van der Waals surface area contributed by atoms with Crippen LogP contribution in [0.3, 0.4) is 0 Å². The summed E-state index contributed by atoms with van der Waals surface area (Å²) in [4.78, 5) is 4.17. The molecule has 2 N–H and O–H groups in total. The molecule has 0 saturated heterocycles. The molecule has 0 bridgehead atoms. The van der Waals surface area contributed by atoms with Crippen LogP contribution in [0.4, 0.5) is 0 Å². The van der Waals surface area contributed by atoms with Crippen molar-refractivity contribution < 1.29 is 17.9 Å². The predicted octanol–water partition coefficient (Wildman–Crippen LogP) is 1.37. The monoisotopic (exact) mass is 498 g/mol. The largest absolute Gasteiger partial charge is 0.454 e. The normalized spacial score (nSPS) is 13.5. The first-order valence-electron chi connectivity index (χ1n) is 8.22. The van der Waals surface area contributed by atoms with Crippen LogP contribution >= 0.6 is 24.0 Å². The second-order valence-corrected chi connectivity index (χ2v) is 7.63. The van der Waals surface area contributed by atoms with E-state index >= 15 is 0 Å². The maximum atomic E-state index is 11.5. The van der Waals surface area contributed by atoms with Gasteiger partial charge in [0.25, 0.3) is 0 Å². The fourth-order valence-corrected chi connectivity index (χ4v) is 3.41. The lowest BCUT2D eigenvalue weighted by atomic mass is 10.2. The highest BCUT2D eigenvalue weighted by molar-refractivity contribution is 14.0. The number of fused-ring (bicyclic) bond motifs is 1.